The predicted octanol–water partition coefficient (Wildman–Crippen LogP) is 8.42. The molecule has 4 rings (SSSR count). The first-order valence-corrected chi connectivity index (χ1v) is 11.0. The summed E-state index contributed by atoms with van der Waals surface area (Å²) in [5, 5.41) is 0. The highest BCUT2D eigenvalue weighted by Gasteiger charge is 2.05. The van der Waals surface area contributed by atoms with Crippen LogP contribution in [-0.2, 0) is 0 Å². The fraction of sp³-hybridized carbons (Fsp3) is 0.0968. The van der Waals surface area contributed by atoms with Gasteiger partial charge in [0.05, 0.1) is 0 Å². The normalized spacial score (nSPS) is 10.3. The first kappa shape index (κ1) is 20.6. The molecule has 0 heterocycles. The third-order valence-corrected chi connectivity index (χ3v) is 5.44. The molecule has 31 heavy (non-hydrogen) atoms. The van der Waals surface area contributed by atoms with Gasteiger partial charge in [0.15, 0.2) is 0 Å². The molecule has 0 atom stereocenters. The van der Waals surface area contributed by atoms with E-state index in [4.69, 9.17) is 0 Å². The maximum absolute atomic E-state index is 2.39. The number of rotatable bonds is 8. The number of unbranched alkanes of at least 4 members (excludes halogenated alkanes) is 2. The fourth-order valence-electron chi connectivity index (χ4n) is 3.89. The van der Waals surface area contributed by atoms with Crippen molar-refractivity contribution in [3.05, 3.63) is 156 Å². The highest BCUT2D eigenvalue weighted by molar-refractivity contribution is 5.80. The number of hydrogen-bond donors (Lipinski definition) is 0. The first-order valence-electron chi connectivity index (χ1n) is 11.0. The summed E-state index contributed by atoms with van der Waals surface area (Å²) in [6.45, 7) is 0. The van der Waals surface area contributed by atoms with Crippen LogP contribution in [0.15, 0.2) is 133 Å². The Labute approximate surface area is 186 Å². The Bertz CT molecular complexity index is 930. The zero-order chi connectivity index (χ0) is 21.1. The van der Waals surface area contributed by atoms with Crippen molar-refractivity contribution in [3.8, 4) is 0 Å². The van der Waals surface area contributed by atoms with E-state index in [1.54, 1.807) is 0 Å². The molecule has 0 saturated carbocycles. The SMILES string of the molecule is C(CCCC=C(c1ccccc1)c1ccccc1)=C(c1ccccc1)c1ccccc1. The smallest absolute Gasteiger partial charge is 0.0151 e. The Balaban J connectivity index is 1.51. The highest BCUT2D eigenvalue weighted by Crippen LogP contribution is 2.26. The van der Waals surface area contributed by atoms with Crippen LogP contribution in [0.25, 0.3) is 11.1 Å². The number of hydrogen-bond acceptors (Lipinski definition) is 0. The zero-order valence-corrected chi connectivity index (χ0v) is 17.8. The largest absolute Gasteiger partial charge is 0.0760 e. The van der Waals surface area contributed by atoms with Crippen molar-refractivity contribution in [2.75, 3.05) is 0 Å². The van der Waals surface area contributed by atoms with Crippen LogP contribution in [0.3, 0.4) is 0 Å². The lowest BCUT2D eigenvalue weighted by Crippen LogP contribution is -1.89. The Hall–Kier alpha value is -3.64. The van der Waals surface area contributed by atoms with Crippen molar-refractivity contribution in [2.24, 2.45) is 0 Å². The second-order valence-electron chi connectivity index (χ2n) is 7.63. The van der Waals surface area contributed by atoms with Gasteiger partial charge < -0.3 is 0 Å². The summed E-state index contributed by atoms with van der Waals surface area (Å²) in [5.74, 6) is 0. The molecule has 0 spiro atoms. The van der Waals surface area contributed by atoms with Crippen LogP contribution < -0.4 is 0 Å². The number of allylic oxidation sites excluding steroid dienone is 2. The maximum atomic E-state index is 2.39. The van der Waals surface area contributed by atoms with E-state index in [9.17, 15) is 0 Å². The van der Waals surface area contributed by atoms with Crippen molar-refractivity contribution in [1.82, 2.24) is 0 Å². The summed E-state index contributed by atoms with van der Waals surface area (Å²) in [4.78, 5) is 0. The monoisotopic (exact) mass is 400 g/mol. The molecule has 0 N–H and O–H groups in total. The number of benzene rings is 4. The zero-order valence-electron chi connectivity index (χ0n) is 17.8. The second-order valence-corrected chi connectivity index (χ2v) is 7.63. The van der Waals surface area contributed by atoms with Gasteiger partial charge in [-0.2, -0.15) is 0 Å². The molecule has 0 amide bonds. The molecular weight excluding hydrogens is 372 g/mol. The minimum atomic E-state index is 1.05. The standard InChI is InChI=1S/C31H28/c1-6-16-26(17-7-1)30(27-18-8-2-9-19-27)24-14-5-15-25-31(28-20-10-3-11-21-28)29-22-12-4-13-23-29/h1-4,6-13,16-25H,5,14-15H2. The molecule has 0 fully saturated rings. The Morgan fingerprint density at radius 1 is 0.387 bits per heavy atom. The van der Waals surface area contributed by atoms with Gasteiger partial charge in [0, 0.05) is 0 Å². The van der Waals surface area contributed by atoms with Crippen LogP contribution in [0, 0.1) is 0 Å². The Morgan fingerprint density at radius 3 is 0.903 bits per heavy atom. The second kappa shape index (κ2) is 10.9. The minimum absolute atomic E-state index is 1.05. The van der Waals surface area contributed by atoms with Gasteiger partial charge in [0.25, 0.3) is 0 Å². The van der Waals surface area contributed by atoms with Gasteiger partial charge in [-0.1, -0.05) is 133 Å². The predicted molar refractivity (Wildman–Crippen MR) is 134 cm³/mol. The van der Waals surface area contributed by atoms with Crippen LogP contribution in [0.4, 0.5) is 0 Å². The maximum Gasteiger partial charge on any atom is -0.0151 e. The molecular formula is C31H28. The molecule has 4 aromatic rings. The molecule has 0 nitrogen and oxygen atoms in total. The average molecular weight is 401 g/mol. The lowest BCUT2D eigenvalue weighted by atomic mass is 9.95. The van der Waals surface area contributed by atoms with Gasteiger partial charge in [-0.3, -0.25) is 0 Å². The van der Waals surface area contributed by atoms with Gasteiger partial charge in [-0.05, 0) is 52.7 Å². The van der Waals surface area contributed by atoms with Crippen molar-refractivity contribution in [3.63, 3.8) is 0 Å². The lowest BCUT2D eigenvalue weighted by molar-refractivity contribution is 0.870. The summed E-state index contributed by atoms with van der Waals surface area (Å²) >= 11 is 0. The van der Waals surface area contributed by atoms with Crippen LogP contribution >= 0.6 is 0 Å². The molecule has 152 valence electrons. The van der Waals surface area contributed by atoms with Crippen molar-refractivity contribution in [1.29, 1.82) is 0 Å². The van der Waals surface area contributed by atoms with E-state index < -0.39 is 0 Å². The summed E-state index contributed by atoms with van der Waals surface area (Å²) < 4.78 is 0. The van der Waals surface area contributed by atoms with Gasteiger partial charge in [-0.15, -0.1) is 0 Å². The first-order chi connectivity index (χ1) is 15.4. The van der Waals surface area contributed by atoms with Crippen LogP contribution in [0.5, 0.6) is 0 Å². The van der Waals surface area contributed by atoms with E-state index in [0.29, 0.717) is 0 Å². The molecule has 0 unspecified atom stereocenters. The van der Waals surface area contributed by atoms with Crippen molar-refractivity contribution >= 4 is 11.1 Å². The molecule has 0 saturated heterocycles. The summed E-state index contributed by atoms with van der Waals surface area (Å²) in [5.41, 5.74) is 7.74. The molecule has 0 aliphatic heterocycles. The van der Waals surface area contributed by atoms with Crippen LogP contribution in [0.2, 0.25) is 0 Å². The van der Waals surface area contributed by atoms with Gasteiger partial charge in [0.2, 0.25) is 0 Å². The van der Waals surface area contributed by atoms with E-state index in [-0.39, 0.29) is 0 Å². The van der Waals surface area contributed by atoms with E-state index >= 15 is 0 Å². The Morgan fingerprint density at radius 2 is 0.645 bits per heavy atom. The molecule has 0 bridgehead atoms. The average Bonchev–Trinajstić information content (AvgIpc) is 2.86. The van der Waals surface area contributed by atoms with E-state index in [1.807, 2.05) is 0 Å². The Kier molecular flexibility index (Phi) is 7.28. The van der Waals surface area contributed by atoms with Gasteiger partial charge >= 0.3 is 0 Å². The van der Waals surface area contributed by atoms with Crippen LogP contribution in [-0.4, -0.2) is 0 Å². The molecule has 0 radical (unpaired) electrons. The van der Waals surface area contributed by atoms with Gasteiger partial charge in [-0.25, -0.2) is 0 Å². The van der Waals surface area contributed by atoms with Gasteiger partial charge in [0.1, 0.15) is 0 Å². The quantitative estimate of drug-likeness (QED) is 0.260. The highest BCUT2D eigenvalue weighted by atomic mass is 14.1. The van der Waals surface area contributed by atoms with E-state index in [2.05, 4.69) is 133 Å². The van der Waals surface area contributed by atoms with E-state index in [0.717, 1.165) is 19.3 Å². The lowest BCUT2D eigenvalue weighted by Gasteiger charge is -2.10. The van der Waals surface area contributed by atoms with Crippen LogP contribution in [0.1, 0.15) is 41.5 Å². The molecule has 4 aromatic carbocycles. The third kappa shape index (κ3) is 5.71. The van der Waals surface area contributed by atoms with Crippen molar-refractivity contribution in [2.45, 2.75) is 19.3 Å². The molecule has 0 aromatic heterocycles. The molecule has 0 aliphatic carbocycles. The fourth-order valence-corrected chi connectivity index (χ4v) is 3.89. The molecule has 0 heteroatoms. The minimum Gasteiger partial charge on any atom is -0.0760 e. The van der Waals surface area contributed by atoms with E-state index in [1.165, 1.54) is 33.4 Å². The topological polar surface area (TPSA) is 0 Å². The van der Waals surface area contributed by atoms with Crippen molar-refractivity contribution < 1.29 is 0 Å². The third-order valence-electron chi connectivity index (χ3n) is 5.44. The summed E-state index contributed by atoms with van der Waals surface area (Å²) in [6, 6.07) is 42.8. The summed E-state index contributed by atoms with van der Waals surface area (Å²) in [6.07, 6.45) is 8.00. The molecule has 0 aliphatic rings. The summed E-state index contributed by atoms with van der Waals surface area (Å²) in [7, 11) is 0.